The topological polar surface area (TPSA) is 94.3 Å². The SMILES string of the molecule is N[C@H](Oc1cc(F)c(S(=O)(=O)Nc2nccs2)cc1Cl)c1ccccc1. The zero-order valence-corrected chi connectivity index (χ0v) is 15.5. The summed E-state index contributed by atoms with van der Waals surface area (Å²) in [6.45, 7) is 0. The number of anilines is 1. The summed E-state index contributed by atoms with van der Waals surface area (Å²) in [5, 5.41) is 1.62. The smallest absolute Gasteiger partial charge is 0.266 e. The van der Waals surface area contributed by atoms with Gasteiger partial charge < -0.3 is 4.74 Å². The van der Waals surface area contributed by atoms with Crippen LogP contribution in [0, 0.1) is 5.82 Å². The van der Waals surface area contributed by atoms with Crippen molar-refractivity contribution in [2.45, 2.75) is 11.1 Å². The van der Waals surface area contributed by atoms with E-state index in [0.717, 1.165) is 23.5 Å². The first-order valence-corrected chi connectivity index (χ1v) is 9.99. The van der Waals surface area contributed by atoms with Crippen molar-refractivity contribution < 1.29 is 17.5 Å². The molecule has 0 spiro atoms. The van der Waals surface area contributed by atoms with Gasteiger partial charge in [-0.3, -0.25) is 10.5 Å². The van der Waals surface area contributed by atoms with Gasteiger partial charge in [0.2, 0.25) is 0 Å². The first-order valence-electron chi connectivity index (χ1n) is 7.25. The Morgan fingerprint density at radius 3 is 2.65 bits per heavy atom. The standard InChI is InChI=1S/C16H13ClFN3O3S2/c17-11-8-14(26(22,23)21-16-20-6-7-25-16)12(18)9-13(11)24-15(19)10-4-2-1-3-5-10/h1-9,15H,19H2,(H,20,21)/t15-/m1/s1. The Hall–Kier alpha value is -2.20. The normalized spacial score (nSPS) is 12.6. The molecule has 0 unspecified atom stereocenters. The Bertz CT molecular complexity index is 999. The molecule has 6 nitrogen and oxygen atoms in total. The largest absolute Gasteiger partial charge is 0.470 e. The van der Waals surface area contributed by atoms with Gasteiger partial charge >= 0.3 is 0 Å². The minimum Gasteiger partial charge on any atom is -0.470 e. The Kier molecular flexibility index (Phi) is 5.42. The number of nitrogens with zero attached hydrogens (tertiary/aromatic N) is 1. The van der Waals surface area contributed by atoms with Crippen LogP contribution < -0.4 is 15.2 Å². The van der Waals surface area contributed by atoms with Crippen molar-refractivity contribution in [1.29, 1.82) is 0 Å². The van der Waals surface area contributed by atoms with Gasteiger partial charge in [-0.15, -0.1) is 11.3 Å². The monoisotopic (exact) mass is 413 g/mol. The maximum Gasteiger partial charge on any atom is 0.266 e. The fraction of sp³-hybridized carbons (Fsp3) is 0.0625. The Balaban J connectivity index is 1.86. The van der Waals surface area contributed by atoms with E-state index in [1.54, 1.807) is 29.6 Å². The molecule has 0 radical (unpaired) electrons. The summed E-state index contributed by atoms with van der Waals surface area (Å²) in [6.07, 6.45) is 0.539. The third-order valence-corrected chi connectivity index (χ3v) is 5.78. The molecule has 0 saturated heterocycles. The fourth-order valence-electron chi connectivity index (χ4n) is 2.10. The minimum absolute atomic E-state index is 0.0614. The average molecular weight is 414 g/mol. The summed E-state index contributed by atoms with van der Waals surface area (Å²) in [7, 11) is -4.18. The Morgan fingerprint density at radius 1 is 1.27 bits per heavy atom. The van der Waals surface area contributed by atoms with Gasteiger partial charge in [0.1, 0.15) is 16.5 Å². The Labute approximate surface area is 158 Å². The van der Waals surface area contributed by atoms with E-state index in [-0.39, 0.29) is 15.9 Å². The van der Waals surface area contributed by atoms with E-state index in [2.05, 4.69) is 9.71 Å². The van der Waals surface area contributed by atoms with E-state index in [0.29, 0.717) is 5.56 Å². The molecule has 0 aliphatic heterocycles. The number of nitrogens with two attached hydrogens (primary N) is 1. The van der Waals surface area contributed by atoms with Crippen LogP contribution in [0.25, 0.3) is 0 Å². The molecular weight excluding hydrogens is 401 g/mol. The van der Waals surface area contributed by atoms with Gasteiger partial charge in [0.05, 0.1) is 5.02 Å². The van der Waals surface area contributed by atoms with Gasteiger partial charge in [0.15, 0.2) is 11.4 Å². The van der Waals surface area contributed by atoms with E-state index >= 15 is 0 Å². The van der Waals surface area contributed by atoms with Crippen molar-refractivity contribution in [3.63, 3.8) is 0 Å². The van der Waals surface area contributed by atoms with Gasteiger partial charge in [-0.2, -0.15) is 0 Å². The van der Waals surface area contributed by atoms with E-state index in [1.807, 2.05) is 6.07 Å². The fourth-order valence-corrected chi connectivity index (χ4v) is 4.25. The van der Waals surface area contributed by atoms with Crippen molar-refractivity contribution in [3.05, 3.63) is 70.4 Å². The molecule has 1 aromatic heterocycles. The Morgan fingerprint density at radius 2 is 2.00 bits per heavy atom. The number of sulfonamides is 1. The molecule has 2 aromatic carbocycles. The molecule has 1 heterocycles. The highest BCUT2D eigenvalue weighted by molar-refractivity contribution is 7.93. The molecule has 3 rings (SSSR count). The maximum absolute atomic E-state index is 14.4. The highest BCUT2D eigenvalue weighted by Crippen LogP contribution is 2.33. The van der Waals surface area contributed by atoms with Crippen LogP contribution in [0.5, 0.6) is 5.75 Å². The molecule has 0 amide bonds. The molecule has 0 aliphatic rings. The van der Waals surface area contributed by atoms with Gasteiger partial charge in [-0.1, -0.05) is 41.9 Å². The van der Waals surface area contributed by atoms with E-state index in [4.69, 9.17) is 22.1 Å². The number of rotatable bonds is 6. The van der Waals surface area contributed by atoms with Crippen LogP contribution in [0.4, 0.5) is 9.52 Å². The minimum atomic E-state index is -4.18. The van der Waals surface area contributed by atoms with Gasteiger partial charge in [-0.25, -0.2) is 17.8 Å². The number of hydrogen-bond donors (Lipinski definition) is 2. The lowest BCUT2D eigenvalue weighted by molar-refractivity contribution is 0.213. The van der Waals surface area contributed by atoms with Crippen molar-refractivity contribution in [2.24, 2.45) is 5.73 Å². The molecule has 0 aliphatic carbocycles. The molecule has 0 saturated carbocycles. The zero-order chi connectivity index (χ0) is 18.7. The number of ether oxygens (including phenoxy) is 1. The summed E-state index contributed by atoms with van der Waals surface area (Å²) in [4.78, 5) is 3.19. The van der Waals surface area contributed by atoms with E-state index < -0.39 is 27.0 Å². The number of hydrogen-bond acceptors (Lipinski definition) is 6. The van der Waals surface area contributed by atoms with Crippen LogP contribution in [0.3, 0.4) is 0 Å². The van der Waals surface area contributed by atoms with Crippen molar-refractivity contribution in [2.75, 3.05) is 4.72 Å². The second kappa shape index (κ2) is 7.58. The molecule has 136 valence electrons. The molecule has 0 fully saturated rings. The summed E-state index contributed by atoms with van der Waals surface area (Å²) in [5.74, 6) is -1.08. The molecule has 3 aromatic rings. The molecule has 1 atom stereocenters. The maximum atomic E-state index is 14.4. The predicted molar refractivity (Wildman–Crippen MR) is 98.3 cm³/mol. The lowest BCUT2D eigenvalue weighted by Gasteiger charge is -2.17. The quantitative estimate of drug-likeness (QED) is 0.600. The highest BCUT2D eigenvalue weighted by atomic mass is 35.5. The predicted octanol–water partition coefficient (Wildman–Crippen LogP) is 3.77. The van der Waals surface area contributed by atoms with Crippen LogP contribution >= 0.6 is 22.9 Å². The van der Waals surface area contributed by atoms with Crippen LogP contribution in [-0.2, 0) is 10.0 Å². The van der Waals surface area contributed by atoms with Crippen LogP contribution in [0.2, 0.25) is 5.02 Å². The summed E-state index contributed by atoms with van der Waals surface area (Å²) in [5.41, 5.74) is 6.58. The van der Waals surface area contributed by atoms with Crippen molar-refractivity contribution in [3.8, 4) is 5.75 Å². The number of benzene rings is 2. The second-order valence-electron chi connectivity index (χ2n) is 5.10. The zero-order valence-electron chi connectivity index (χ0n) is 13.1. The van der Waals surface area contributed by atoms with Crippen LogP contribution in [0.1, 0.15) is 11.8 Å². The number of halogens is 2. The number of aromatic nitrogens is 1. The van der Waals surface area contributed by atoms with Gasteiger partial charge in [0.25, 0.3) is 10.0 Å². The van der Waals surface area contributed by atoms with E-state index in [1.165, 1.54) is 6.20 Å². The van der Waals surface area contributed by atoms with Crippen LogP contribution in [-0.4, -0.2) is 13.4 Å². The second-order valence-corrected chi connectivity index (χ2v) is 8.06. The van der Waals surface area contributed by atoms with Gasteiger partial charge in [0, 0.05) is 23.2 Å². The molecule has 26 heavy (non-hydrogen) atoms. The lowest BCUT2D eigenvalue weighted by atomic mass is 10.2. The van der Waals surface area contributed by atoms with Crippen LogP contribution in [0.15, 0.2) is 58.9 Å². The summed E-state index contributed by atoms with van der Waals surface area (Å²) in [6, 6.07) is 10.7. The van der Waals surface area contributed by atoms with E-state index in [9.17, 15) is 12.8 Å². The number of thiazole rings is 1. The third kappa shape index (κ3) is 4.13. The number of nitrogens with one attached hydrogen (secondary N) is 1. The first-order chi connectivity index (χ1) is 12.4. The lowest BCUT2D eigenvalue weighted by Crippen LogP contribution is -2.18. The van der Waals surface area contributed by atoms with Crippen molar-refractivity contribution in [1.82, 2.24) is 4.98 Å². The summed E-state index contributed by atoms with van der Waals surface area (Å²) >= 11 is 7.13. The molecule has 0 bridgehead atoms. The third-order valence-electron chi connectivity index (χ3n) is 3.31. The van der Waals surface area contributed by atoms with Gasteiger partial charge in [-0.05, 0) is 6.07 Å². The molecular formula is C16H13ClFN3O3S2. The highest BCUT2D eigenvalue weighted by Gasteiger charge is 2.23. The summed E-state index contributed by atoms with van der Waals surface area (Å²) < 4.78 is 46.7. The first kappa shape index (κ1) is 18.6. The molecule has 3 N–H and O–H groups in total. The molecule has 10 heteroatoms. The average Bonchev–Trinajstić information content (AvgIpc) is 3.10. The van der Waals surface area contributed by atoms with Crippen molar-refractivity contribution >= 4 is 38.1 Å².